The van der Waals surface area contributed by atoms with Crippen LogP contribution in [0.2, 0.25) is 0 Å². The Labute approximate surface area is 101 Å². The molecule has 6 nitrogen and oxygen atoms in total. The highest BCUT2D eigenvalue weighted by Crippen LogP contribution is 2.21. The Balaban J connectivity index is 2.54. The first kappa shape index (κ1) is 13.8. The molecule has 0 aromatic carbocycles. The van der Waals surface area contributed by atoms with Crippen LogP contribution in [0.1, 0.15) is 33.1 Å². The predicted molar refractivity (Wildman–Crippen MR) is 63.8 cm³/mol. The second-order valence-corrected chi connectivity index (χ2v) is 4.52. The molecule has 1 saturated heterocycles. The van der Waals surface area contributed by atoms with Gasteiger partial charge >= 0.3 is 0 Å². The van der Waals surface area contributed by atoms with Crippen LogP contribution in [0.4, 0.5) is 0 Å². The monoisotopic (exact) mass is 243 g/mol. The molecule has 1 aliphatic rings. The van der Waals surface area contributed by atoms with Crippen molar-refractivity contribution in [1.29, 1.82) is 0 Å². The minimum atomic E-state index is -0.965. The number of rotatable bonds is 5. The Morgan fingerprint density at radius 1 is 1.71 bits per heavy atom. The zero-order valence-corrected chi connectivity index (χ0v) is 10.4. The molecule has 4 N–H and O–H groups in total. The number of nitrogens with one attached hydrogen (secondary N) is 1. The highest BCUT2D eigenvalue weighted by Gasteiger charge is 2.36. The molecule has 17 heavy (non-hydrogen) atoms. The lowest BCUT2D eigenvalue weighted by Gasteiger charge is -2.25. The predicted octanol–water partition coefficient (Wildman–Crippen LogP) is 0.444. The number of carbonyl (C=O) groups excluding carboxylic acids is 1. The van der Waals surface area contributed by atoms with Crippen LogP contribution < -0.4 is 11.1 Å². The van der Waals surface area contributed by atoms with Gasteiger partial charge in [0.05, 0.1) is 6.10 Å². The highest BCUT2D eigenvalue weighted by atomic mass is 16.5. The van der Waals surface area contributed by atoms with E-state index in [2.05, 4.69) is 10.5 Å². The van der Waals surface area contributed by atoms with Crippen molar-refractivity contribution in [3.05, 3.63) is 0 Å². The van der Waals surface area contributed by atoms with E-state index in [0.29, 0.717) is 13.0 Å². The maximum atomic E-state index is 12.0. The maximum absolute atomic E-state index is 12.0. The van der Waals surface area contributed by atoms with Gasteiger partial charge in [0.25, 0.3) is 0 Å². The second-order valence-electron chi connectivity index (χ2n) is 4.52. The number of hydrogen-bond acceptors (Lipinski definition) is 4. The van der Waals surface area contributed by atoms with Gasteiger partial charge in [-0.2, -0.15) is 0 Å². The van der Waals surface area contributed by atoms with Crippen LogP contribution in [0.15, 0.2) is 5.16 Å². The van der Waals surface area contributed by atoms with E-state index in [1.54, 1.807) is 6.92 Å². The minimum absolute atomic E-state index is 0.0650. The molecule has 1 aliphatic heterocycles. The van der Waals surface area contributed by atoms with E-state index in [-0.39, 0.29) is 17.8 Å². The first-order valence-corrected chi connectivity index (χ1v) is 5.92. The third-order valence-corrected chi connectivity index (χ3v) is 3.40. The van der Waals surface area contributed by atoms with Gasteiger partial charge in [-0.25, -0.2) is 0 Å². The van der Waals surface area contributed by atoms with Crippen LogP contribution >= 0.6 is 0 Å². The van der Waals surface area contributed by atoms with Gasteiger partial charge in [0.15, 0.2) is 5.84 Å². The Morgan fingerprint density at radius 2 is 2.41 bits per heavy atom. The maximum Gasteiger partial charge on any atom is 0.233 e. The Kier molecular flexibility index (Phi) is 4.74. The van der Waals surface area contributed by atoms with Gasteiger partial charge in [0, 0.05) is 13.2 Å². The van der Waals surface area contributed by atoms with Crippen molar-refractivity contribution in [1.82, 2.24) is 5.32 Å². The smallest absolute Gasteiger partial charge is 0.233 e. The van der Waals surface area contributed by atoms with Crippen LogP contribution in [0, 0.1) is 5.41 Å². The van der Waals surface area contributed by atoms with Crippen molar-refractivity contribution in [2.45, 2.75) is 39.2 Å². The van der Waals surface area contributed by atoms with Crippen LogP contribution in [-0.2, 0) is 9.53 Å². The number of nitrogens with two attached hydrogens (primary N) is 1. The van der Waals surface area contributed by atoms with Crippen molar-refractivity contribution >= 4 is 11.7 Å². The fourth-order valence-corrected chi connectivity index (χ4v) is 1.78. The van der Waals surface area contributed by atoms with E-state index < -0.39 is 5.41 Å². The van der Waals surface area contributed by atoms with E-state index in [0.717, 1.165) is 19.4 Å². The number of amidine groups is 1. The summed E-state index contributed by atoms with van der Waals surface area (Å²) in [5.74, 6) is -0.296. The molecule has 0 aromatic rings. The van der Waals surface area contributed by atoms with E-state index in [4.69, 9.17) is 15.7 Å². The zero-order valence-electron chi connectivity index (χ0n) is 10.4. The van der Waals surface area contributed by atoms with Gasteiger partial charge < -0.3 is 21.0 Å². The van der Waals surface area contributed by atoms with Gasteiger partial charge in [-0.1, -0.05) is 12.1 Å². The first-order chi connectivity index (χ1) is 8.04. The molecule has 2 atom stereocenters. The summed E-state index contributed by atoms with van der Waals surface area (Å²) in [7, 11) is 0. The largest absolute Gasteiger partial charge is 0.409 e. The number of oxime groups is 1. The third kappa shape index (κ3) is 3.09. The van der Waals surface area contributed by atoms with Crippen LogP contribution in [-0.4, -0.2) is 36.2 Å². The van der Waals surface area contributed by atoms with Crippen LogP contribution in [0.25, 0.3) is 0 Å². The minimum Gasteiger partial charge on any atom is -0.409 e. The highest BCUT2D eigenvalue weighted by molar-refractivity contribution is 6.06. The summed E-state index contributed by atoms with van der Waals surface area (Å²) < 4.78 is 5.41. The number of amides is 1. The molecule has 1 rings (SSSR count). The lowest BCUT2D eigenvalue weighted by Crippen LogP contribution is -2.49. The molecule has 0 aromatic heterocycles. The number of ether oxygens (including phenoxy) is 1. The van der Waals surface area contributed by atoms with Gasteiger partial charge in [-0.05, 0) is 26.2 Å². The van der Waals surface area contributed by atoms with Crippen molar-refractivity contribution in [3.8, 4) is 0 Å². The van der Waals surface area contributed by atoms with E-state index >= 15 is 0 Å². The Morgan fingerprint density at radius 3 is 2.88 bits per heavy atom. The molecule has 0 bridgehead atoms. The molecule has 0 radical (unpaired) electrons. The molecule has 0 aliphatic carbocycles. The molecule has 0 spiro atoms. The number of carbonyl (C=O) groups is 1. The van der Waals surface area contributed by atoms with Gasteiger partial charge in [0.1, 0.15) is 5.41 Å². The summed E-state index contributed by atoms with van der Waals surface area (Å²) in [5.41, 5.74) is 4.59. The van der Waals surface area contributed by atoms with Gasteiger partial charge in [-0.3, -0.25) is 4.79 Å². The fraction of sp³-hybridized carbons (Fsp3) is 0.818. The van der Waals surface area contributed by atoms with E-state index in [1.807, 2.05) is 6.92 Å². The summed E-state index contributed by atoms with van der Waals surface area (Å²) in [4.78, 5) is 12.0. The van der Waals surface area contributed by atoms with Crippen LogP contribution in [0.5, 0.6) is 0 Å². The average Bonchev–Trinajstić information content (AvgIpc) is 2.86. The topological polar surface area (TPSA) is 96.9 Å². The summed E-state index contributed by atoms with van der Waals surface area (Å²) in [5, 5.41) is 14.4. The van der Waals surface area contributed by atoms with E-state index in [1.165, 1.54) is 0 Å². The second kappa shape index (κ2) is 5.86. The summed E-state index contributed by atoms with van der Waals surface area (Å²) in [6.45, 7) is 4.72. The van der Waals surface area contributed by atoms with Crippen LogP contribution in [0.3, 0.4) is 0 Å². The molecule has 6 heteroatoms. The SMILES string of the molecule is CCC(C)(C(=O)NCC1CCCO1)C(N)=NO. The zero-order chi connectivity index (χ0) is 12.9. The van der Waals surface area contributed by atoms with Crippen molar-refractivity contribution in [3.63, 3.8) is 0 Å². The summed E-state index contributed by atoms with van der Waals surface area (Å²) in [6.07, 6.45) is 2.56. The molecule has 1 heterocycles. The van der Waals surface area contributed by atoms with Gasteiger partial charge in [0.2, 0.25) is 5.91 Å². The third-order valence-electron chi connectivity index (χ3n) is 3.40. The van der Waals surface area contributed by atoms with Crippen molar-refractivity contribution < 1.29 is 14.7 Å². The molecular formula is C11H21N3O3. The standard InChI is InChI=1S/C11H21N3O3/c1-3-11(2,9(12)14-16)10(15)13-7-8-5-4-6-17-8/h8,16H,3-7H2,1-2H3,(H2,12,14)(H,13,15). The summed E-state index contributed by atoms with van der Waals surface area (Å²) in [6, 6.07) is 0. The van der Waals surface area contributed by atoms with Crippen molar-refractivity contribution in [2.24, 2.45) is 16.3 Å². The van der Waals surface area contributed by atoms with E-state index in [9.17, 15) is 4.79 Å². The number of nitrogens with zero attached hydrogens (tertiary/aromatic N) is 1. The molecule has 1 fully saturated rings. The lowest BCUT2D eigenvalue weighted by atomic mass is 9.85. The molecule has 0 saturated carbocycles. The van der Waals surface area contributed by atoms with Gasteiger partial charge in [-0.15, -0.1) is 0 Å². The normalized spacial score (nSPS) is 24.4. The number of hydrogen-bond donors (Lipinski definition) is 3. The first-order valence-electron chi connectivity index (χ1n) is 5.92. The molecule has 1 amide bonds. The Bertz CT molecular complexity index is 300. The molecule has 2 unspecified atom stereocenters. The molecular weight excluding hydrogens is 222 g/mol. The molecule has 98 valence electrons. The quantitative estimate of drug-likeness (QED) is 0.282. The lowest BCUT2D eigenvalue weighted by molar-refractivity contribution is -0.127. The Hall–Kier alpha value is -1.30. The average molecular weight is 243 g/mol. The van der Waals surface area contributed by atoms with Crippen molar-refractivity contribution in [2.75, 3.05) is 13.2 Å². The summed E-state index contributed by atoms with van der Waals surface area (Å²) >= 11 is 0. The fourth-order valence-electron chi connectivity index (χ4n) is 1.78.